The third kappa shape index (κ3) is 3.80. The number of carbonyl (C=O) groups is 1. The Morgan fingerprint density at radius 1 is 1.60 bits per heavy atom. The lowest BCUT2D eigenvalue weighted by Gasteiger charge is -2.41. The number of hydrogen-bond acceptors (Lipinski definition) is 3. The van der Waals surface area contributed by atoms with Crippen molar-refractivity contribution in [3.05, 3.63) is 0 Å². The summed E-state index contributed by atoms with van der Waals surface area (Å²) in [5, 5.41) is 12.0. The van der Waals surface area contributed by atoms with Crippen molar-refractivity contribution in [3.63, 3.8) is 0 Å². The van der Waals surface area contributed by atoms with E-state index in [1.54, 1.807) is 0 Å². The number of aliphatic carboxylic acids is 1. The van der Waals surface area contributed by atoms with Crippen molar-refractivity contribution in [1.29, 1.82) is 0 Å². The molecule has 2 N–H and O–H groups in total. The fraction of sp³-hybridized carbons (Fsp3) is 0.909. The van der Waals surface area contributed by atoms with E-state index in [0.29, 0.717) is 18.1 Å². The first-order chi connectivity index (χ1) is 7.00. The van der Waals surface area contributed by atoms with Gasteiger partial charge in [0.1, 0.15) is 0 Å². The van der Waals surface area contributed by atoms with Crippen LogP contribution >= 0.6 is 0 Å². The number of carboxylic acid groups (broad SMARTS) is 1. The van der Waals surface area contributed by atoms with Crippen LogP contribution in [-0.4, -0.2) is 47.2 Å². The summed E-state index contributed by atoms with van der Waals surface area (Å²) in [6, 6.07) is 1.42. The van der Waals surface area contributed by atoms with Gasteiger partial charge >= 0.3 is 5.97 Å². The predicted molar refractivity (Wildman–Crippen MR) is 60.0 cm³/mol. The van der Waals surface area contributed by atoms with Crippen molar-refractivity contribution >= 4 is 5.97 Å². The van der Waals surface area contributed by atoms with E-state index in [2.05, 4.69) is 31.0 Å². The summed E-state index contributed by atoms with van der Waals surface area (Å²) in [6.45, 7) is 8.52. The van der Waals surface area contributed by atoms with Gasteiger partial charge in [0, 0.05) is 37.6 Å². The van der Waals surface area contributed by atoms with Crippen LogP contribution in [0.2, 0.25) is 0 Å². The maximum absolute atomic E-state index is 10.5. The summed E-state index contributed by atoms with van der Waals surface area (Å²) in [6.07, 6.45) is 0.989. The number of rotatable bonds is 4. The van der Waals surface area contributed by atoms with E-state index in [4.69, 9.17) is 5.11 Å². The fourth-order valence-corrected chi connectivity index (χ4v) is 2.16. The van der Waals surface area contributed by atoms with Gasteiger partial charge < -0.3 is 10.4 Å². The van der Waals surface area contributed by atoms with E-state index in [0.717, 1.165) is 19.5 Å². The molecule has 1 aliphatic heterocycles. The minimum atomic E-state index is -0.702. The Balaban J connectivity index is 2.39. The van der Waals surface area contributed by atoms with Crippen LogP contribution in [0.5, 0.6) is 0 Å². The molecule has 1 rings (SSSR count). The van der Waals surface area contributed by atoms with Crippen LogP contribution < -0.4 is 5.32 Å². The summed E-state index contributed by atoms with van der Waals surface area (Å²) < 4.78 is 0. The van der Waals surface area contributed by atoms with Crippen LogP contribution in [0.15, 0.2) is 0 Å². The zero-order valence-electron chi connectivity index (χ0n) is 9.86. The quantitative estimate of drug-likeness (QED) is 0.731. The normalized spacial score (nSPS) is 28.3. The van der Waals surface area contributed by atoms with Gasteiger partial charge in [-0.25, -0.2) is 0 Å². The van der Waals surface area contributed by atoms with Crippen molar-refractivity contribution in [2.45, 2.75) is 51.7 Å². The monoisotopic (exact) mass is 214 g/mol. The first-order valence-corrected chi connectivity index (χ1v) is 5.71. The molecule has 0 amide bonds. The largest absolute Gasteiger partial charge is 0.481 e. The molecule has 1 saturated heterocycles. The van der Waals surface area contributed by atoms with Crippen LogP contribution in [0.4, 0.5) is 0 Å². The standard InChI is InChI=1S/C11H22N2O2/c1-8(2)13-7-10(4-5-11(14)15)12-6-9(13)3/h8-10,12H,4-7H2,1-3H3,(H,14,15). The van der Waals surface area contributed by atoms with Crippen LogP contribution in [-0.2, 0) is 4.79 Å². The minimum Gasteiger partial charge on any atom is -0.481 e. The molecule has 0 spiro atoms. The second kappa shape index (κ2) is 5.47. The Labute approximate surface area is 91.6 Å². The average molecular weight is 214 g/mol. The molecule has 0 aromatic heterocycles. The molecule has 0 aliphatic carbocycles. The van der Waals surface area contributed by atoms with Crippen LogP contribution in [0.1, 0.15) is 33.6 Å². The van der Waals surface area contributed by atoms with E-state index in [1.807, 2.05) is 0 Å². The Bertz CT molecular complexity index is 219. The van der Waals surface area contributed by atoms with Gasteiger partial charge in [0.25, 0.3) is 0 Å². The summed E-state index contributed by atoms with van der Waals surface area (Å²) in [5.74, 6) is -0.702. The fourth-order valence-electron chi connectivity index (χ4n) is 2.16. The first kappa shape index (κ1) is 12.5. The van der Waals surface area contributed by atoms with Crippen molar-refractivity contribution in [2.24, 2.45) is 0 Å². The summed E-state index contributed by atoms with van der Waals surface area (Å²) in [4.78, 5) is 12.9. The highest BCUT2D eigenvalue weighted by Crippen LogP contribution is 2.13. The summed E-state index contributed by atoms with van der Waals surface area (Å²) in [7, 11) is 0. The van der Waals surface area contributed by atoms with Gasteiger partial charge in [-0.3, -0.25) is 9.69 Å². The van der Waals surface area contributed by atoms with Crippen LogP contribution in [0.3, 0.4) is 0 Å². The molecule has 1 fully saturated rings. The topological polar surface area (TPSA) is 52.6 Å². The number of nitrogens with zero attached hydrogens (tertiary/aromatic N) is 1. The highest BCUT2D eigenvalue weighted by molar-refractivity contribution is 5.66. The van der Waals surface area contributed by atoms with Crippen LogP contribution in [0, 0.1) is 0 Å². The number of carboxylic acids is 1. The maximum Gasteiger partial charge on any atom is 0.303 e. The van der Waals surface area contributed by atoms with Gasteiger partial charge in [-0.1, -0.05) is 0 Å². The van der Waals surface area contributed by atoms with Gasteiger partial charge in [-0.15, -0.1) is 0 Å². The van der Waals surface area contributed by atoms with Crippen LogP contribution in [0.25, 0.3) is 0 Å². The lowest BCUT2D eigenvalue weighted by Crippen LogP contribution is -2.57. The molecule has 88 valence electrons. The van der Waals surface area contributed by atoms with E-state index >= 15 is 0 Å². The summed E-state index contributed by atoms with van der Waals surface area (Å²) >= 11 is 0. The molecule has 0 aromatic carbocycles. The molecule has 2 unspecified atom stereocenters. The SMILES string of the molecule is CC(C)N1CC(CCC(=O)O)NCC1C. The van der Waals surface area contributed by atoms with E-state index < -0.39 is 5.97 Å². The molecule has 15 heavy (non-hydrogen) atoms. The Morgan fingerprint density at radius 2 is 2.27 bits per heavy atom. The van der Waals surface area contributed by atoms with Gasteiger partial charge in [-0.05, 0) is 27.2 Å². The molecule has 0 aromatic rings. The second-order valence-electron chi connectivity index (χ2n) is 4.68. The molecule has 2 atom stereocenters. The van der Waals surface area contributed by atoms with E-state index in [1.165, 1.54) is 0 Å². The molecule has 1 aliphatic rings. The van der Waals surface area contributed by atoms with Crippen molar-refractivity contribution in [1.82, 2.24) is 10.2 Å². The van der Waals surface area contributed by atoms with Gasteiger partial charge in [0.15, 0.2) is 0 Å². The Hall–Kier alpha value is -0.610. The van der Waals surface area contributed by atoms with Crippen molar-refractivity contribution < 1.29 is 9.90 Å². The van der Waals surface area contributed by atoms with Gasteiger partial charge in [0.2, 0.25) is 0 Å². The van der Waals surface area contributed by atoms with E-state index in [9.17, 15) is 4.79 Å². The molecule has 1 heterocycles. The number of hydrogen-bond donors (Lipinski definition) is 2. The molecule has 4 nitrogen and oxygen atoms in total. The highest BCUT2D eigenvalue weighted by atomic mass is 16.4. The smallest absolute Gasteiger partial charge is 0.303 e. The molecular formula is C11H22N2O2. The minimum absolute atomic E-state index is 0.262. The third-order valence-corrected chi connectivity index (χ3v) is 3.07. The Kier molecular flexibility index (Phi) is 4.54. The third-order valence-electron chi connectivity index (χ3n) is 3.07. The highest BCUT2D eigenvalue weighted by Gasteiger charge is 2.26. The predicted octanol–water partition coefficient (Wildman–Crippen LogP) is 0.922. The molecule has 4 heteroatoms. The zero-order valence-corrected chi connectivity index (χ0v) is 9.86. The number of nitrogens with one attached hydrogen (secondary N) is 1. The second-order valence-corrected chi connectivity index (χ2v) is 4.68. The Morgan fingerprint density at radius 3 is 2.80 bits per heavy atom. The number of piperazine rings is 1. The van der Waals surface area contributed by atoms with Crippen molar-refractivity contribution in [2.75, 3.05) is 13.1 Å². The zero-order chi connectivity index (χ0) is 11.4. The molecule has 0 radical (unpaired) electrons. The summed E-state index contributed by atoms with van der Waals surface area (Å²) in [5.41, 5.74) is 0. The molecule has 0 saturated carbocycles. The average Bonchev–Trinajstić information content (AvgIpc) is 2.16. The lowest BCUT2D eigenvalue weighted by molar-refractivity contribution is -0.137. The molecule has 0 bridgehead atoms. The first-order valence-electron chi connectivity index (χ1n) is 5.71. The maximum atomic E-state index is 10.5. The van der Waals surface area contributed by atoms with E-state index in [-0.39, 0.29) is 6.42 Å². The van der Waals surface area contributed by atoms with Gasteiger partial charge in [0.05, 0.1) is 0 Å². The lowest BCUT2D eigenvalue weighted by atomic mass is 10.0. The van der Waals surface area contributed by atoms with Gasteiger partial charge in [-0.2, -0.15) is 0 Å². The molecular weight excluding hydrogens is 192 g/mol. The van der Waals surface area contributed by atoms with Crippen molar-refractivity contribution in [3.8, 4) is 0 Å².